The number of benzene rings is 1. The van der Waals surface area contributed by atoms with Gasteiger partial charge in [-0.1, -0.05) is 23.2 Å². The third kappa shape index (κ3) is 3.20. The summed E-state index contributed by atoms with van der Waals surface area (Å²) in [5, 5.41) is 3.54. The van der Waals surface area contributed by atoms with Crippen LogP contribution in [0.2, 0.25) is 10.3 Å². The van der Waals surface area contributed by atoms with E-state index in [9.17, 15) is 0 Å². The molecule has 0 spiro atoms. The molecule has 1 aliphatic heterocycles. The second kappa shape index (κ2) is 6.59. The minimum absolute atomic E-state index is 0.352. The second-order valence-corrected chi connectivity index (χ2v) is 6.88. The van der Waals surface area contributed by atoms with Crippen molar-refractivity contribution in [2.75, 3.05) is 13.2 Å². The second-order valence-electron chi connectivity index (χ2n) is 5.25. The highest BCUT2D eigenvalue weighted by Crippen LogP contribution is 2.36. The van der Waals surface area contributed by atoms with Gasteiger partial charge in [0.15, 0.2) is 11.5 Å². The highest BCUT2D eigenvalue weighted by Gasteiger charge is 2.14. The average Bonchev–Trinajstić information content (AvgIpc) is 2.93. The zero-order valence-corrected chi connectivity index (χ0v) is 14.8. The molecule has 4 nitrogen and oxygen atoms in total. The largest absolute Gasteiger partial charge is 0.490 e. The van der Waals surface area contributed by atoms with E-state index in [4.69, 9.17) is 32.7 Å². The maximum Gasteiger partial charge on any atom is 0.161 e. The number of pyridine rings is 1. The summed E-state index contributed by atoms with van der Waals surface area (Å²) in [6.07, 6.45) is 0.883. The lowest BCUT2D eigenvalue weighted by molar-refractivity contribution is 0.297. The molecule has 7 heteroatoms. The molecule has 0 radical (unpaired) electrons. The van der Waals surface area contributed by atoms with E-state index < -0.39 is 0 Å². The minimum Gasteiger partial charge on any atom is -0.490 e. The summed E-state index contributed by atoms with van der Waals surface area (Å²) >= 11 is 13.5. The Kier molecular flexibility index (Phi) is 4.31. The number of halogens is 2. The lowest BCUT2D eigenvalue weighted by Crippen LogP contribution is -1.97. The van der Waals surface area contributed by atoms with Gasteiger partial charge in [-0.25, -0.2) is 9.97 Å². The molecule has 122 valence electrons. The monoisotopic (exact) mass is 378 g/mol. The summed E-state index contributed by atoms with van der Waals surface area (Å²) in [5.41, 5.74) is 2.70. The van der Waals surface area contributed by atoms with Crippen molar-refractivity contribution in [2.24, 2.45) is 0 Å². The Bertz CT molecular complexity index is 878. The van der Waals surface area contributed by atoms with Crippen molar-refractivity contribution in [1.29, 1.82) is 0 Å². The van der Waals surface area contributed by atoms with Crippen LogP contribution < -0.4 is 9.47 Å². The molecule has 0 bridgehead atoms. The molecule has 0 atom stereocenters. The van der Waals surface area contributed by atoms with Crippen molar-refractivity contribution in [3.63, 3.8) is 0 Å². The number of hydrogen-bond acceptors (Lipinski definition) is 5. The predicted octanol–water partition coefficient (Wildman–Crippen LogP) is 5.34. The molecule has 1 aromatic carbocycles. The Hall–Kier alpha value is -1.82. The van der Waals surface area contributed by atoms with Crippen LogP contribution >= 0.6 is 34.5 Å². The lowest BCUT2D eigenvalue weighted by atomic mass is 10.1. The van der Waals surface area contributed by atoms with E-state index in [2.05, 4.69) is 9.97 Å². The Balaban J connectivity index is 1.69. The Morgan fingerprint density at radius 1 is 0.875 bits per heavy atom. The van der Waals surface area contributed by atoms with Crippen molar-refractivity contribution in [3.05, 3.63) is 46.0 Å². The van der Waals surface area contributed by atoms with Crippen LogP contribution in [0.1, 0.15) is 6.42 Å². The molecule has 4 rings (SSSR count). The van der Waals surface area contributed by atoms with Gasteiger partial charge in [-0.05, 0) is 30.3 Å². The van der Waals surface area contributed by atoms with Gasteiger partial charge in [0.2, 0.25) is 0 Å². The number of fused-ring (bicyclic) bond motifs is 1. The molecular formula is C17H12Cl2N2O2S. The highest BCUT2D eigenvalue weighted by molar-refractivity contribution is 7.13. The Labute approximate surface area is 153 Å². The summed E-state index contributed by atoms with van der Waals surface area (Å²) in [6.45, 7) is 1.34. The molecule has 1 aliphatic rings. The summed E-state index contributed by atoms with van der Waals surface area (Å²) in [7, 11) is 0. The predicted molar refractivity (Wildman–Crippen MR) is 96.4 cm³/mol. The van der Waals surface area contributed by atoms with E-state index in [1.165, 1.54) is 11.3 Å². The average molecular weight is 379 g/mol. The van der Waals surface area contributed by atoms with Crippen molar-refractivity contribution < 1.29 is 9.47 Å². The smallest absolute Gasteiger partial charge is 0.161 e. The van der Waals surface area contributed by atoms with Crippen LogP contribution in [-0.2, 0) is 0 Å². The van der Waals surface area contributed by atoms with E-state index in [1.54, 1.807) is 12.1 Å². The summed E-state index contributed by atoms with van der Waals surface area (Å²) in [4.78, 5) is 8.64. The van der Waals surface area contributed by atoms with Crippen LogP contribution in [0.3, 0.4) is 0 Å². The minimum atomic E-state index is 0.352. The highest BCUT2D eigenvalue weighted by atomic mass is 35.5. The standard InChI is InChI=1S/C17H12Cl2N2O2S/c18-15-7-11(8-16(19)21-15)17-20-12(9-24-17)10-2-3-13-14(6-10)23-5-1-4-22-13/h2-3,6-9H,1,4-5H2. The number of hydrogen-bond donors (Lipinski definition) is 0. The Morgan fingerprint density at radius 3 is 2.42 bits per heavy atom. The molecular weight excluding hydrogens is 367 g/mol. The van der Waals surface area contributed by atoms with Gasteiger partial charge >= 0.3 is 0 Å². The number of ether oxygens (including phenoxy) is 2. The molecule has 3 heterocycles. The van der Waals surface area contributed by atoms with Crippen LogP contribution in [-0.4, -0.2) is 23.2 Å². The number of thiazole rings is 1. The first-order valence-electron chi connectivity index (χ1n) is 7.38. The van der Waals surface area contributed by atoms with Gasteiger partial charge in [-0.2, -0.15) is 0 Å². The van der Waals surface area contributed by atoms with E-state index in [-0.39, 0.29) is 0 Å². The molecule has 0 amide bonds. The third-order valence-electron chi connectivity index (χ3n) is 3.56. The molecule has 0 unspecified atom stereocenters. The van der Waals surface area contributed by atoms with Crippen molar-refractivity contribution >= 4 is 34.5 Å². The van der Waals surface area contributed by atoms with Crippen LogP contribution in [0, 0.1) is 0 Å². The SMILES string of the molecule is Clc1cc(-c2nc(-c3ccc4c(c3)OCCCO4)cs2)cc(Cl)n1. The van der Waals surface area contributed by atoms with Gasteiger partial charge in [0.05, 0.1) is 18.9 Å². The third-order valence-corrected chi connectivity index (χ3v) is 4.84. The van der Waals surface area contributed by atoms with E-state index >= 15 is 0 Å². The van der Waals surface area contributed by atoms with Gasteiger partial charge in [0.25, 0.3) is 0 Å². The van der Waals surface area contributed by atoms with Crippen LogP contribution in [0.4, 0.5) is 0 Å². The van der Waals surface area contributed by atoms with Crippen LogP contribution in [0.15, 0.2) is 35.7 Å². The fraction of sp³-hybridized carbons (Fsp3) is 0.176. The first-order chi connectivity index (χ1) is 11.7. The summed E-state index contributed by atoms with van der Waals surface area (Å²) < 4.78 is 11.4. The zero-order valence-electron chi connectivity index (χ0n) is 12.5. The topological polar surface area (TPSA) is 44.2 Å². The van der Waals surface area contributed by atoms with Crippen molar-refractivity contribution in [3.8, 4) is 33.3 Å². The molecule has 0 N–H and O–H groups in total. The molecule has 2 aromatic heterocycles. The molecule has 24 heavy (non-hydrogen) atoms. The van der Waals surface area contributed by atoms with Gasteiger partial charge in [-0.3, -0.25) is 0 Å². The normalized spacial score (nSPS) is 13.6. The van der Waals surface area contributed by atoms with Crippen molar-refractivity contribution in [1.82, 2.24) is 9.97 Å². The van der Waals surface area contributed by atoms with Gasteiger partial charge in [0, 0.05) is 22.9 Å². The van der Waals surface area contributed by atoms with Crippen molar-refractivity contribution in [2.45, 2.75) is 6.42 Å². The molecule has 3 aromatic rings. The lowest BCUT2D eigenvalue weighted by Gasteiger charge is -2.08. The van der Waals surface area contributed by atoms with E-state index in [1.807, 2.05) is 23.6 Å². The first-order valence-corrected chi connectivity index (χ1v) is 9.01. The van der Waals surface area contributed by atoms with E-state index in [0.717, 1.165) is 39.7 Å². The first kappa shape index (κ1) is 15.7. The molecule has 0 aliphatic carbocycles. The number of nitrogens with zero attached hydrogens (tertiary/aromatic N) is 2. The number of rotatable bonds is 2. The van der Waals surface area contributed by atoms with Gasteiger partial charge in [-0.15, -0.1) is 11.3 Å². The summed E-state index contributed by atoms with van der Waals surface area (Å²) in [6, 6.07) is 9.38. The maximum absolute atomic E-state index is 5.97. The van der Waals surface area contributed by atoms with Gasteiger partial charge in [0.1, 0.15) is 15.3 Å². The van der Waals surface area contributed by atoms with Crippen LogP contribution in [0.5, 0.6) is 11.5 Å². The summed E-state index contributed by atoms with van der Waals surface area (Å²) in [5.74, 6) is 1.54. The number of aromatic nitrogens is 2. The Morgan fingerprint density at radius 2 is 1.62 bits per heavy atom. The quantitative estimate of drug-likeness (QED) is 0.564. The fourth-order valence-corrected chi connectivity index (χ4v) is 3.73. The molecule has 0 saturated carbocycles. The molecule has 0 fully saturated rings. The molecule has 0 saturated heterocycles. The van der Waals surface area contributed by atoms with E-state index in [0.29, 0.717) is 23.5 Å². The maximum atomic E-state index is 5.97. The van der Waals surface area contributed by atoms with Gasteiger partial charge < -0.3 is 9.47 Å². The van der Waals surface area contributed by atoms with Crippen LogP contribution in [0.25, 0.3) is 21.8 Å². The zero-order chi connectivity index (χ0) is 16.5. The fourth-order valence-electron chi connectivity index (χ4n) is 2.45.